The molecule has 3 rings (SSSR count). The smallest absolute Gasteiger partial charge is 0.252 e. The van der Waals surface area contributed by atoms with Crippen molar-refractivity contribution in [3.63, 3.8) is 0 Å². The largest absolute Gasteiger partial charge is 0.370 e. The van der Waals surface area contributed by atoms with E-state index in [4.69, 9.17) is 0 Å². The molecule has 0 radical (unpaired) electrons. The number of pyridine rings is 1. The fourth-order valence-electron chi connectivity index (χ4n) is 2.57. The summed E-state index contributed by atoms with van der Waals surface area (Å²) in [5.41, 5.74) is 0.773. The lowest BCUT2D eigenvalue weighted by Gasteiger charge is -2.39. The number of nitrogens with zero attached hydrogens (tertiary/aromatic N) is 2. The van der Waals surface area contributed by atoms with E-state index in [9.17, 15) is 9.59 Å². The number of hydrogen-bond acceptors (Lipinski definition) is 4. The molecule has 1 aliphatic rings. The van der Waals surface area contributed by atoms with Crippen LogP contribution in [-0.2, 0) is 9.59 Å². The van der Waals surface area contributed by atoms with E-state index in [0.717, 1.165) is 5.69 Å². The fraction of sp³-hybridized carbons (Fsp3) is 0.235. The molecule has 118 valence electrons. The molecule has 6 heteroatoms. The van der Waals surface area contributed by atoms with E-state index in [0.29, 0.717) is 11.5 Å². The maximum absolute atomic E-state index is 12.7. The van der Waals surface area contributed by atoms with Gasteiger partial charge in [-0.1, -0.05) is 18.2 Å². The zero-order valence-electron chi connectivity index (χ0n) is 13.0. The van der Waals surface area contributed by atoms with Gasteiger partial charge in [0.15, 0.2) is 0 Å². The summed E-state index contributed by atoms with van der Waals surface area (Å²) in [7, 11) is 0. The third-order valence-corrected chi connectivity index (χ3v) is 3.66. The molecule has 2 aromatic rings. The number of anilines is 3. The average molecular weight is 310 g/mol. The molecule has 0 bridgehead atoms. The number of benzene rings is 1. The first-order valence-electron chi connectivity index (χ1n) is 7.37. The van der Waals surface area contributed by atoms with Crippen molar-refractivity contribution >= 4 is 29.0 Å². The Kier molecular flexibility index (Phi) is 3.73. The molecule has 0 spiro atoms. The van der Waals surface area contributed by atoms with Crippen LogP contribution in [0.25, 0.3) is 0 Å². The minimum Gasteiger partial charge on any atom is -0.370 e. The SMILES string of the molecule is CC1(C)Nc2ccccc2N(CC(=O)Nc2ccccn2)C1=O. The molecule has 23 heavy (non-hydrogen) atoms. The molecule has 0 atom stereocenters. The number of rotatable bonds is 3. The highest BCUT2D eigenvalue weighted by molar-refractivity contribution is 6.11. The number of nitrogens with one attached hydrogen (secondary N) is 2. The normalized spacial score (nSPS) is 15.6. The first kappa shape index (κ1) is 15.0. The van der Waals surface area contributed by atoms with Gasteiger partial charge in [0.25, 0.3) is 5.91 Å². The first-order valence-corrected chi connectivity index (χ1v) is 7.37. The van der Waals surface area contributed by atoms with Crippen LogP contribution in [0.4, 0.5) is 17.2 Å². The summed E-state index contributed by atoms with van der Waals surface area (Å²) in [5, 5.41) is 5.91. The van der Waals surface area contributed by atoms with Gasteiger partial charge in [-0.15, -0.1) is 0 Å². The summed E-state index contributed by atoms with van der Waals surface area (Å²) in [6, 6.07) is 12.7. The monoisotopic (exact) mass is 310 g/mol. The minimum absolute atomic E-state index is 0.0580. The van der Waals surface area contributed by atoms with Gasteiger partial charge in [-0.05, 0) is 38.1 Å². The lowest BCUT2D eigenvalue weighted by molar-refractivity contribution is -0.124. The van der Waals surface area contributed by atoms with Gasteiger partial charge in [-0.3, -0.25) is 14.5 Å². The Balaban J connectivity index is 1.83. The zero-order chi connectivity index (χ0) is 16.4. The van der Waals surface area contributed by atoms with E-state index in [1.165, 1.54) is 4.90 Å². The van der Waals surface area contributed by atoms with Gasteiger partial charge in [0.1, 0.15) is 17.9 Å². The summed E-state index contributed by atoms with van der Waals surface area (Å²) in [4.78, 5) is 30.5. The number of para-hydroxylation sites is 2. The van der Waals surface area contributed by atoms with Gasteiger partial charge in [0.2, 0.25) is 5.91 Å². The second kappa shape index (κ2) is 5.72. The molecule has 1 aliphatic heterocycles. The first-order chi connectivity index (χ1) is 11.0. The van der Waals surface area contributed by atoms with Crippen LogP contribution < -0.4 is 15.5 Å². The highest BCUT2D eigenvalue weighted by Gasteiger charge is 2.39. The summed E-state index contributed by atoms with van der Waals surface area (Å²) >= 11 is 0. The van der Waals surface area contributed by atoms with Gasteiger partial charge < -0.3 is 10.6 Å². The second-order valence-corrected chi connectivity index (χ2v) is 5.92. The summed E-state index contributed by atoms with van der Waals surface area (Å²) in [5.74, 6) is 0.0320. The molecule has 0 fully saturated rings. The molecule has 1 aromatic heterocycles. The number of amides is 2. The zero-order valence-corrected chi connectivity index (χ0v) is 13.0. The topological polar surface area (TPSA) is 74.3 Å². The van der Waals surface area contributed by atoms with Crippen LogP contribution in [0.15, 0.2) is 48.7 Å². The second-order valence-electron chi connectivity index (χ2n) is 5.92. The molecular formula is C17H18N4O2. The number of fused-ring (bicyclic) bond motifs is 1. The van der Waals surface area contributed by atoms with Crippen LogP contribution in [0.3, 0.4) is 0 Å². The van der Waals surface area contributed by atoms with Crippen LogP contribution >= 0.6 is 0 Å². The van der Waals surface area contributed by atoms with Gasteiger partial charge in [0, 0.05) is 6.20 Å². The van der Waals surface area contributed by atoms with Gasteiger partial charge >= 0.3 is 0 Å². The van der Waals surface area contributed by atoms with Gasteiger partial charge in [0.05, 0.1) is 11.4 Å². The van der Waals surface area contributed by atoms with Gasteiger partial charge in [-0.25, -0.2) is 4.98 Å². The van der Waals surface area contributed by atoms with Crippen LogP contribution in [0.5, 0.6) is 0 Å². The van der Waals surface area contributed by atoms with E-state index in [1.54, 1.807) is 38.2 Å². The highest BCUT2D eigenvalue weighted by Crippen LogP contribution is 2.34. The Morgan fingerprint density at radius 3 is 2.70 bits per heavy atom. The van der Waals surface area contributed by atoms with Crippen molar-refractivity contribution in [2.75, 3.05) is 22.1 Å². The molecule has 2 N–H and O–H groups in total. The molecule has 0 saturated carbocycles. The molecular weight excluding hydrogens is 292 g/mol. The maximum Gasteiger partial charge on any atom is 0.252 e. The van der Waals surface area contributed by atoms with Crippen molar-refractivity contribution in [3.05, 3.63) is 48.7 Å². The van der Waals surface area contributed by atoms with Crippen LogP contribution in [0.1, 0.15) is 13.8 Å². The van der Waals surface area contributed by atoms with Crippen molar-refractivity contribution < 1.29 is 9.59 Å². The molecule has 2 heterocycles. The predicted molar refractivity (Wildman–Crippen MR) is 89.4 cm³/mol. The molecule has 0 saturated heterocycles. The lowest BCUT2D eigenvalue weighted by Crippen LogP contribution is -2.55. The van der Waals surface area contributed by atoms with Gasteiger partial charge in [-0.2, -0.15) is 0 Å². The predicted octanol–water partition coefficient (Wildman–Crippen LogP) is 2.26. The Bertz CT molecular complexity index is 743. The molecule has 6 nitrogen and oxygen atoms in total. The number of carbonyl (C=O) groups is 2. The van der Waals surface area contributed by atoms with E-state index >= 15 is 0 Å². The van der Waals surface area contributed by atoms with E-state index < -0.39 is 5.54 Å². The number of aromatic nitrogens is 1. The van der Waals surface area contributed by atoms with E-state index in [1.807, 2.05) is 24.3 Å². The number of carbonyl (C=O) groups excluding carboxylic acids is 2. The lowest BCUT2D eigenvalue weighted by atomic mass is 9.98. The van der Waals surface area contributed by atoms with Crippen LogP contribution in [-0.4, -0.2) is 28.9 Å². The Labute approximate surface area is 134 Å². The molecule has 0 unspecified atom stereocenters. The standard InChI is InChI=1S/C17H18N4O2/c1-17(2)16(23)21(13-8-4-3-7-12(13)20-17)11-15(22)19-14-9-5-6-10-18-14/h3-10,20H,11H2,1-2H3,(H,18,19,22). The van der Waals surface area contributed by atoms with Crippen molar-refractivity contribution in [1.29, 1.82) is 0 Å². The third-order valence-electron chi connectivity index (χ3n) is 3.66. The molecule has 2 amide bonds. The Hall–Kier alpha value is -2.89. The van der Waals surface area contributed by atoms with E-state index in [-0.39, 0.29) is 18.4 Å². The third kappa shape index (κ3) is 3.01. The molecule has 1 aromatic carbocycles. The van der Waals surface area contributed by atoms with Crippen molar-refractivity contribution in [3.8, 4) is 0 Å². The number of hydrogen-bond donors (Lipinski definition) is 2. The molecule has 0 aliphatic carbocycles. The fourth-order valence-corrected chi connectivity index (χ4v) is 2.57. The quantitative estimate of drug-likeness (QED) is 0.912. The summed E-state index contributed by atoms with van der Waals surface area (Å²) < 4.78 is 0. The maximum atomic E-state index is 12.7. The Morgan fingerprint density at radius 1 is 1.22 bits per heavy atom. The Morgan fingerprint density at radius 2 is 1.96 bits per heavy atom. The van der Waals surface area contributed by atoms with Crippen LogP contribution in [0, 0.1) is 0 Å². The van der Waals surface area contributed by atoms with Crippen molar-refractivity contribution in [2.45, 2.75) is 19.4 Å². The van der Waals surface area contributed by atoms with Crippen molar-refractivity contribution in [1.82, 2.24) is 4.98 Å². The summed E-state index contributed by atoms with van der Waals surface area (Å²) in [6.45, 7) is 3.54. The van der Waals surface area contributed by atoms with Crippen LogP contribution in [0.2, 0.25) is 0 Å². The minimum atomic E-state index is -0.764. The average Bonchev–Trinajstić information content (AvgIpc) is 2.52. The van der Waals surface area contributed by atoms with E-state index in [2.05, 4.69) is 15.6 Å². The highest BCUT2D eigenvalue weighted by atomic mass is 16.2. The van der Waals surface area contributed by atoms with Crippen molar-refractivity contribution in [2.24, 2.45) is 0 Å². The summed E-state index contributed by atoms with van der Waals surface area (Å²) in [6.07, 6.45) is 1.60.